The van der Waals surface area contributed by atoms with Crippen molar-refractivity contribution in [2.45, 2.75) is 38.6 Å². The largest absolute Gasteiger partial charge is 0.321 e. The van der Waals surface area contributed by atoms with Gasteiger partial charge in [-0.1, -0.05) is 18.6 Å². The third kappa shape index (κ3) is 4.21. The number of fused-ring (bicyclic) bond motifs is 1. The zero-order valence-corrected chi connectivity index (χ0v) is 14.7. The van der Waals surface area contributed by atoms with Gasteiger partial charge in [-0.3, -0.25) is 4.79 Å². The molecule has 1 aromatic carbocycles. The first-order chi connectivity index (χ1) is 11.1. The molecule has 0 saturated heterocycles. The predicted octanol–water partition coefficient (Wildman–Crippen LogP) is 4.33. The van der Waals surface area contributed by atoms with Crippen molar-refractivity contribution in [3.05, 3.63) is 51.2 Å². The second kappa shape index (κ2) is 7.28. The number of hydrogen-bond acceptors (Lipinski definition) is 3. The van der Waals surface area contributed by atoms with Gasteiger partial charge >= 0.3 is 0 Å². The van der Waals surface area contributed by atoms with E-state index in [1.54, 1.807) is 11.3 Å². The highest BCUT2D eigenvalue weighted by Gasteiger charge is 2.16. The van der Waals surface area contributed by atoms with Gasteiger partial charge in [0.1, 0.15) is 0 Å². The maximum Gasteiger partial charge on any atom is 0.265 e. The lowest BCUT2D eigenvalue weighted by molar-refractivity contribution is 0.103. The van der Waals surface area contributed by atoms with Crippen molar-refractivity contribution < 1.29 is 4.79 Å². The molecule has 23 heavy (non-hydrogen) atoms. The molecule has 1 amide bonds. The highest BCUT2D eigenvalue weighted by Crippen LogP contribution is 2.29. The van der Waals surface area contributed by atoms with Gasteiger partial charge in [0.25, 0.3) is 5.91 Å². The van der Waals surface area contributed by atoms with Crippen molar-refractivity contribution in [2.24, 2.45) is 0 Å². The molecule has 4 heteroatoms. The minimum Gasteiger partial charge on any atom is -0.321 e. The molecule has 1 heterocycles. The molecule has 3 nitrogen and oxygen atoms in total. The van der Waals surface area contributed by atoms with Crippen LogP contribution < -0.4 is 5.32 Å². The molecular weight excluding hydrogens is 304 g/mol. The Kier molecular flexibility index (Phi) is 5.13. The molecule has 122 valence electrons. The summed E-state index contributed by atoms with van der Waals surface area (Å²) >= 11 is 1.67. The van der Waals surface area contributed by atoms with Gasteiger partial charge in [0.15, 0.2) is 0 Å². The number of carbonyl (C=O) groups excluding carboxylic acids is 1. The number of nitrogens with zero attached hydrogens (tertiary/aromatic N) is 1. The monoisotopic (exact) mass is 328 g/mol. The van der Waals surface area contributed by atoms with Crippen molar-refractivity contribution in [1.29, 1.82) is 0 Å². The van der Waals surface area contributed by atoms with E-state index in [-0.39, 0.29) is 5.91 Å². The Balaban J connectivity index is 1.67. The van der Waals surface area contributed by atoms with Crippen molar-refractivity contribution >= 4 is 22.9 Å². The molecule has 0 fully saturated rings. The number of anilines is 1. The molecule has 0 unspecified atom stereocenters. The molecule has 1 N–H and O–H groups in total. The third-order valence-electron chi connectivity index (χ3n) is 4.18. The van der Waals surface area contributed by atoms with Crippen LogP contribution in [0.25, 0.3) is 0 Å². The van der Waals surface area contributed by atoms with Gasteiger partial charge in [-0.05, 0) is 69.1 Å². The lowest BCUT2D eigenvalue weighted by Gasteiger charge is -2.10. The maximum atomic E-state index is 12.5. The summed E-state index contributed by atoms with van der Waals surface area (Å²) in [5.41, 5.74) is 3.50. The normalized spacial score (nSPS) is 14.4. The maximum absolute atomic E-state index is 12.5. The van der Waals surface area contributed by atoms with Crippen LogP contribution >= 0.6 is 11.3 Å². The summed E-state index contributed by atoms with van der Waals surface area (Å²) < 4.78 is 0. The second-order valence-electron chi connectivity index (χ2n) is 6.51. The SMILES string of the molecule is CN(C)Cc1ccc(NC(=O)c2cc3c(s2)CCCCC3)cc1. The molecule has 0 spiro atoms. The van der Waals surface area contributed by atoms with E-state index < -0.39 is 0 Å². The molecule has 0 atom stereocenters. The lowest BCUT2D eigenvalue weighted by Crippen LogP contribution is -2.12. The predicted molar refractivity (Wildman–Crippen MR) is 97.4 cm³/mol. The molecule has 0 radical (unpaired) electrons. The number of thiophene rings is 1. The Morgan fingerprint density at radius 2 is 1.87 bits per heavy atom. The van der Waals surface area contributed by atoms with Crippen LogP contribution in [0.2, 0.25) is 0 Å². The van der Waals surface area contributed by atoms with Gasteiger partial charge in [0, 0.05) is 17.1 Å². The summed E-state index contributed by atoms with van der Waals surface area (Å²) in [6.45, 7) is 0.909. The summed E-state index contributed by atoms with van der Waals surface area (Å²) in [4.78, 5) is 16.9. The van der Waals surface area contributed by atoms with E-state index in [0.29, 0.717) is 0 Å². The van der Waals surface area contributed by atoms with Crippen LogP contribution in [-0.2, 0) is 19.4 Å². The number of aryl methyl sites for hydroxylation is 2. The molecule has 0 saturated carbocycles. The Labute approximate surface area is 142 Å². The molecule has 0 aliphatic heterocycles. The van der Waals surface area contributed by atoms with Crippen molar-refractivity contribution in [3.8, 4) is 0 Å². The van der Waals surface area contributed by atoms with Crippen molar-refractivity contribution in [1.82, 2.24) is 4.90 Å². The minimum atomic E-state index is 0.0171. The van der Waals surface area contributed by atoms with Crippen LogP contribution in [0.4, 0.5) is 5.69 Å². The summed E-state index contributed by atoms with van der Waals surface area (Å²) in [5, 5.41) is 3.02. The van der Waals surface area contributed by atoms with E-state index >= 15 is 0 Å². The van der Waals surface area contributed by atoms with Crippen LogP contribution in [0.5, 0.6) is 0 Å². The Hall–Kier alpha value is -1.65. The zero-order valence-electron chi connectivity index (χ0n) is 13.9. The Morgan fingerprint density at radius 3 is 2.61 bits per heavy atom. The van der Waals surface area contributed by atoms with E-state index in [2.05, 4.69) is 42.5 Å². The molecule has 3 rings (SSSR count). The minimum absolute atomic E-state index is 0.0171. The Bertz CT molecular complexity index is 650. The van der Waals surface area contributed by atoms with Crippen LogP contribution in [0.1, 0.15) is 44.9 Å². The van der Waals surface area contributed by atoms with Crippen LogP contribution in [0.3, 0.4) is 0 Å². The number of rotatable bonds is 4. The molecular formula is C19H24N2OS. The van der Waals surface area contributed by atoms with Crippen LogP contribution in [0.15, 0.2) is 30.3 Å². The van der Waals surface area contributed by atoms with Gasteiger partial charge in [0.05, 0.1) is 4.88 Å². The number of nitrogens with one attached hydrogen (secondary N) is 1. The third-order valence-corrected chi connectivity index (χ3v) is 5.42. The zero-order chi connectivity index (χ0) is 16.2. The highest BCUT2D eigenvalue weighted by molar-refractivity contribution is 7.14. The average Bonchev–Trinajstić information content (AvgIpc) is 2.80. The summed E-state index contributed by atoms with van der Waals surface area (Å²) in [6, 6.07) is 10.2. The summed E-state index contributed by atoms with van der Waals surface area (Å²) in [6.07, 6.45) is 6.06. The smallest absolute Gasteiger partial charge is 0.265 e. The molecule has 1 aromatic heterocycles. The number of hydrogen-bond donors (Lipinski definition) is 1. The highest BCUT2D eigenvalue weighted by atomic mass is 32.1. The van der Waals surface area contributed by atoms with E-state index in [1.807, 2.05) is 12.1 Å². The topological polar surface area (TPSA) is 32.3 Å². The molecule has 1 aliphatic carbocycles. The average molecular weight is 328 g/mol. The van der Waals surface area contributed by atoms with E-state index in [9.17, 15) is 4.79 Å². The first-order valence-corrected chi connectivity index (χ1v) is 9.10. The number of amides is 1. The fraction of sp³-hybridized carbons (Fsp3) is 0.421. The van der Waals surface area contributed by atoms with Gasteiger partial charge in [-0.25, -0.2) is 0 Å². The second-order valence-corrected chi connectivity index (χ2v) is 7.65. The standard InChI is InChI=1S/C19H24N2OS/c1-21(2)13-14-8-10-16(11-9-14)20-19(22)18-12-15-6-4-3-5-7-17(15)23-18/h8-12H,3-7,13H2,1-2H3,(H,20,22). The van der Waals surface area contributed by atoms with Gasteiger partial charge < -0.3 is 10.2 Å². The lowest BCUT2D eigenvalue weighted by atomic mass is 10.1. The van der Waals surface area contributed by atoms with E-state index in [1.165, 1.54) is 35.3 Å². The first kappa shape index (κ1) is 16.2. The summed E-state index contributed by atoms with van der Waals surface area (Å²) in [5.74, 6) is 0.0171. The van der Waals surface area contributed by atoms with E-state index in [4.69, 9.17) is 0 Å². The number of carbonyl (C=O) groups is 1. The van der Waals surface area contributed by atoms with E-state index in [0.717, 1.165) is 30.0 Å². The van der Waals surface area contributed by atoms with Crippen molar-refractivity contribution in [2.75, 3.05) is 19.4 Å². The summed E-state index contributed by atoms with van der Waals surface area (Å²) in [7, 11) is 4.10. The first-order valence-electron chi connectivity index (χ1n) is 8.28. The fourth-order valence-corrected chi connectivity index (χ4v) is 4.18. The van der Waals surface area contributed by atoms with Crippen molar-refractivity contribution in [3.63, 3.8) is 0 Å². The molecule has 0 bridgehead atoms. The molecule has 2 aromatic rings. The fourth-order valence-electron chi connectivity index (χ4n) is 3.03. The van der Waals surface area contributed by atoms with Gasteiger partial charge in [0.2, 0.25) is 0 Å². The van der Waals surface area contributed by atoms with Gasteiger partial charge in [-0.15, -0.1) is 11.3 Å². The Morgan fingerprint density at radius 1 is 1.13 bits per heavy atom. The van der Waals surface area contributed by atoms with Crippen LogP contribution in [-0.4, -0.2) is 24.9 Å². The van der Waals surface area contributed by atoms with Gasteiger partial charge in [-0.2, -0.15) is 0 Å². The number of benzene rings is 1. The quantitative estimate of drug-likeness (QED) is 0.847. The van der Waals surface area contributed by atoms with Crippen LogP contribution in [0, 0.1) is 0 Å². The molecule has 1 aliphatic rings.